The lowest BCUT2D eigenvalue weighted by molar-refractivity contribution is -0.120. The fraction of sp³-hybridized carbons (Fsp3) is 0.929. The molecule has 0 bridgehead atoms. The molecule has 1 saturated carbocycles. The quantitative estimate of drug-likeness (QED) is 0.674. The van der Waals surface area contributed by atoms with Crippen molar-refractivity contribution in [2.45, 2.75) is 58.5 Å². The molecule has 1 aliphatic carbocycles. The van der Waals surface area contributed by atoms with E-state index in [2.05, 4.69) is 24.5 Å². The summed E-state index contributed by atoms with van der Waals surface area (Å²) in [6, 6.07) is 0. The topological polar surface area (TPSA) is 61.4 Å². The summed E-state index contributed by atoms with van der Waals surface area (Å²) in [5.74, 6) is 0.0107. The third-order valence-corrected chi connectivity index (χ3v) is 3.85. The van der Waals surface area contributed by atoms with Gasteiger partial charge in [0.15, 0.2) is 0 Å². The largest absolute Gasteiger partial charge is 0.389 e. The molecule has 4 nitrogen and oxygen atoms in total. The van der Waals surface area contributed by atoms with Gasteiger partial charge in [0.05, 0.1) is 12.1 Å². The Hall–Kier alpha value is -0.610. The van der Waals surface area contributed by atoms with Crippen molar-refractivity contribution < 1.29 is 9.90 Å². The molecule has 18 heavy (non-hydrogen) atoms. The van der Waals surface area contributed by atoms with Crippen molar-refractivity contribution in [3.63, 3.8) is 0 Å². The van der Waals surface area contributed by atoms with Gasteiger partial charge >= 0.3 is 0 Å². The molecule has 1 rings (SSSR count). The minimum Gasteiger partial charge on any atom is -0.389 e. The van der Waals surface area contributed by atoms with E-state index >= 15 is 0 Å². The normalized spacial score (nSPS) is 21.6. The molecule has 0 heterocycles. The summed E-state index contributed by atoms with van der Waals surface area (Å²) in [6.45, 7) is 8.06. The van der Waals surface area contributed by atoms with Gasteiger partial charge in [0.2, 0.25) is 5.91 Å². The Morgan fingerprint density at radius 2 is 1.83 bits per heavy atom. The fourth-order valence-corrected chi connectivity index (χ4v) is 2.30. The van der Waals surface area contributed by atoms with E-state index in [1.54, 1.807) is 0 Å². The van der Waals surface area contributed by atoms with Crippen molar-refractivity contribution in [2.75, 3.05) is 19.6 Å². The Bertz CT molecular complexity index is 267. The Morgan fingerprint density at radius 1 is 1.22 bits per heavy atom. The molecule has 1 amide bonds. The third kappa shape index (κ3) is 5.36. The maximum atomic E-state index is 11.4. The second-order valence-corrected chi connectivity index (χ2v) is 6.34. The van der Waals surface area contributed by atoms with Crippen LogP contribution in [0.1, 0.15) is 52.9 Å². The number of hydrogen-bond acceptors (Lipinski definition) is 3. The van der Waals surface area contributed by atoms with Gasteiger partial charge in [-0.25, -0.2) is 0 Å². The van der Waals surface area contributed by atoms with E-state index in [1.165, 1.54) is 0 Å². The number of amides is 1. The highest BCUT2D eigenvalue weighted by Crippen LogP contribution is 2.39. The van der Waals surface area contributed by atoms with Crippen LogP contribution in [0.2, 0.25) is 0 Å². The molecule has 0 aromatic rings. The fourth-order valence-electron chi connectivity index (χ4n) is 2.30. The molecular weight excluding hydrogens is 228 g/mol. The monoisotopic (exact) mass is 256 g/mol. The second kappa shape index (κ2) is 6.53. The van der Waals surface area contributed by atoms with Gasteiger partial charge in [0.25, 0.3) is 0 Å². The summed E-state index contributed by atoms with van der Waals surface area (Å²) < 4.78 is 0. The van der Waals surface area contributed by atoms with Crippen LogP contribution < -0.4 is 10.6 Å². The molecule has 0 aliphatic heterocycles. The Balaban J connectivity index is 2.21. The molecule has 0 aromatic carbocycles. The maximum absolute atomic E-state index is 11.4. The Morgan fingerprint density at radius 3 is 2.39 bits per heavy atom. The number of aliphatic hydroxyl groups is 1. The molecule has 0 spiro atoms. The van der Waals surface area contributed by atoms with Crippen LogP contribution in [0.5, 0.6) is 0 Å². The smallest absolute Gasteiger partial charge is 0.233 e. The Labute approximate surface area is 111 Å². The molecule has 1 aliphatic rings. The molecule has 0 radical (unpaired) electrons. The first-order valence-corrected chi connectivity index (χ1v) is 7.07. The number of hydrogen-bond donors (Lipinski definition) is 3. The average molecular weight is 256 g/mol. The summed E-state index contributed by atoms with van der Waals surface area (Å²) in [5, 5.41) is 16.3. The minimum absolute atomic E-state index is 0.0107. The lowest BCUT2D eigenvalue weighted by Gasteiger charge is -2.40. The second-order valence-electron chi connectivity index (χ2n) is 6.34. The van der Waals surface area contributed by atoms with Crippen molar-refractivity contribution in [3.05, 3.63) is 0 Å². The van der Waals surface area contributed by atoms with Crippen LogP contribution in [0.4, 0.5) is 0 Å². The van der Waals surface area contributed by atoms with Crippen molar-refractivity contribution in [3.8, 4) is 0 Å². The van der Waals surface area contributed by atoms with Crippen molar-refractivity contribution in [1.82, 2.24) is 10.6 Å². The van der Waals surface area contributed by atoms with Crippen molar-refractivity contribution in [2.24, 2.45) is 5.41 Å². The van der Waals surface area contributed by atoms with Crippen LogP contribution in [0.25, 0.3) is 0 Å². The summed E-state index contributed by atoms with van der Waals surface area (Å²) in [6.07, 6.45) is 4.69. The number of carbonyl (C=O) groups is 1. The summed E-state index contributed by atoms with van der Waals surface area (Å²) >= 11 is 0. The van der Waals surface area contributed by atoms with Gasteiger partial charge in [-0.2, -0.15) is 0 Å². The highest BCUT2D eigenvalue weighted by atomic mass is 16.3. The molecule has 0 saturated heterocycles. The van der Waals surface area contributed by atoms with Gasteiger partial charge in [-0.1, -0.05) is 20.8 Å². The van der Waals surface area contributed by atoms with Gasteiger partial charge in [0, 0.05) is 13.1 Å². The van der Waals surface area contributed by atoms with E-state index in [0.29, 0.717) is 18.5 Å². The van der Waals surface area contributed by atoms with E-state index in [4.69, 9.17) is 0 Å². The lowest BCUT2D eigenvalue weighted by Crippen LogP contribution is -2.47. The highest BCUT2D eigenvalue weighted by molar-refractivity contribution is 5.77. The number of carbonyl (C=O) groups excluding carboxylic acids is 1. The molecule has 0 aromatic heterocycles. The van der Waals surface area contributed by atoms with E-state index in [0.717, 1.165) is 38.6 Å². The van der Waals surface area contributed by atoms with Crippen molar-refractivity contribution >= 4 is 5.91 Å². The highest BCUT2D eigenvalue weighted by Gasteiger charge is 2.36. The molecule has 0 unspecified atom stereocenters. The molecule has 1 fully saturated rings. The van der Waals surface area contributed by atoms with Crippen LogP contribution in [0.15, 0.2) is 0 Å². The van der Waals surface area contributed by atoms with E-state index in [-0.39, 0.29) is 5.91 Å². The molecule has 0 atom stereocenters. The first-order valence-electron chi connectivity index (χ1n) is 7.07. The minimum atomic E-state index is -0.624. The zero-order valence-electron chi connectivity index (χ0n) is 12.0. The average Bonchev–Trinajstić information content (AvgIpc) is 2.31. The van der Waals surface area contributed by atoms with Gasteiger partial charge in [0.1, 0.15) is 0 Å². The number of nitrogens with one attached hydrogen (secondary N) is 2. The predicted molar refractivity (Wildman–Crippen MR) is 73.4 cm³/mol. The van der Waals surface area contributed by atoms with E-state index < -0.39 is 5.60 Å². The molecule has 106 valence electrons. The predicted octanol–water partition coefficient (Wildman–Crippen LogP) is 1.43. The maximum Gasteiger partial charge on any atom is 0.233 e. The number of rotatable bonds is 6. The standard InChI is InChI=1S/C14H28N2O2/c1-4-9-16-12(17)10-15-11-14(18)7-5-13(2,3)6-8-14/h15,18H,4-11H2,1-3H3,(H,16,17). The van der Waals surface area contributed by atoms with E-state index in [1.807, 2.05) is 6.92 Å². The first-order chi connectivity index (χ1) is 8.37. The zero-order chi connectivity index (χ0) is 13.6. The van der Waals surface area contributed by atoms with Gasteiger partial charge in [-0.3, -0.25) is 4.79 Å². The molecule has 4 heteroatoms. The van der Waals surface area contributed by atoms with Gasteiger partial charge in [-0.15, -0.1) is 0 Å². The van der Waals surface area contributed by atoms with Crippen LogP contribution in [-0.2, 0) is 4.79 Å². The SMILES string of the molecule is CCCNC(=O)CNCC1(O)CCC(C)(C)CC1. The van der Waals surface area contributed by atoms with Crippen molar-refractivity contribution in [1.29, 1.82) is 0 Å². The zero-order valence-corrected chi connectivity index (χ0v) is 12.0. The molecular formula is C14H28N2O2. The van der Waals surface area contributed by atoms with Gasteiger partial charge < -0.3 is 15.7 Å². The third-order valence-electron chi connectivity index (χ3n) is 3.85. The summed E-state index contributed by atoms with van der Waals surface area (Å²) in [7, 11) is 0. The van der Waals surface area contributed by atoms with Crippen LogP contribution in [0.3, 0.4) is 0 Å². The van der Waals surface area contributed by atoms with E-state index in [9.17, 15) is 9.90 Å². The summed E-state index contributed by atoms with van der Waals surface area (Å²) in [5.41, 5.74) is -0.273. The molecule has 3 N–H and O–H groups in total. The van der Waals surface area contributed by atoms with Gasteiger partial charge in [-0.05, 0) is 37.5 Å². The lowest BCUT2D eigenvalue weighted by atomic mass is 9.71. The van der Waals surface area contributed by atoms with Crippen LogP contribution >= 0.6 is 0 Å². The first kappa shape index (κ1) is 15.4. The van der Waals surface area contributed by atoms with Crippen LogP contribution in [0, 0.1) is 5.41 Å². The Kier molecular flexibility index (Phi) is 5.60. The van der Waals surface area contributed by atoms with Crippen LogP contribution in [-0.4, -0.2) is 36.2 Å². The summed E-state index contributed by atoms with van der Waals surface area (Å²) in [4.78, 5) is 11.4.